The van der Waals surface area contributed by atoms with Gasteiger partial charge in [0.1, 0.15) is 23.1 Å². The van der Waals surface area contributed by atoms with Gasteiger partial charge in [-0.15, -0.1) is 0 Å². The standard InChI is InChI=1S/C30H36ClN5O5/c1-33(29(37)20-8-7-9-21(31)16-20)28-27(36-11-6-5-10-26(36)32-28)30(38)35-14-12-34(13-15-35)19-23-24(40-3)17-22(39-2)18-25(23)41-4/h7-9,16-18H,5-6,10-15,19H2,1-4H3. The van der Waals surface area contributed by atoms with Crippen molar-refractivity contribution in [3.05, 3.63) is 64.1 Å². The van der Waals surface area contributed by atoms with Crippen molar-refractivity contribution in [2.24, 2.45) is 0 Å². The molecule has 3 aromatic rings. The maximum atomic E-state index is 14.0. The van der Waals surface area contributed by atoms with Crippen molar-refractivity contribution in [2.45, 2.75) is 32.4 Å². The van der Waals surface area contributed by atoms with Gasteiger partial charge in [0.05, 0.1) is 26.9 Å². The molecule has 0 radical (unpaired) electrons. The van der Waals surface area contributed by atoms with E-state index in [9.17, 15) is 9.59 Å². The van der Waals surface area contributed by atoms with Crippen molar-refractivity contribution in [1.29, 1.82) is 0 Å². The van der Waals surface area contributed by atoms with Crippen molar-refractivity contribution in [3.63, 3.8) is 0 Å². The summed E-state index contributed by atoms with van der Waals surface area (Å²) in [5.74, 6) is 2.93. The average Bonchev–Trinajstić information content (AvgIpc) is 3.40. The predicted molar refractivity (Wildman–Crippen MR) is 157 cm³/mol. The minimum Gasteiger partial charge on any atom is -0.496 e. The summed E-state index contributed by atoms with van der Waals surface area (Å²) in [6.45, 7) is 3.77. The molecule has 2 amide bonds. The SMILES string of the molecule is COc1cc(OC)c(CN2CCN(C(=O)c3c(N(C)C(=O)c4cccc(Cl)c4)nc4n3CCCC4)CC2)c(OC)c1. The third-order valence-electron chi connectivity index (χ3n) is 7.82. The summed E-state index contributed by atoms with van der Waals surface area (Å²) in [4.78, 5) is 37.8. The lowest BCUT2D eigenvalue weighted by molar-refractivity contribution is 0.0615. The van der Waals surface area contributed by atoms with E-state index in [0.717, 1.165) is 30.7 Å². The Morgan fingerprint density at radius 1 is 0.951 bits per heavy atom. The number of ether oxygens (including phenoxy) is 3. The Labute approximate surface area is 245 Å². The van der Waals surface area contributed by atoms with Gasteiger partial charge in [0.25, 0.3) is 11.8 Å². The van der Waals surface area contributed by atoms with Gasteiger partial charge in [-0.3, -0.25) is 19.4 Å². The molecular formula is C30H36ClN5O5. The number of benzene rings is 2. The number of anilines is 1. The molecule has 0 spiro atoms. The van der Waals surface area contributed by atoms with E-state index in [-0.39, 0.29) is 11.8 Å². The van der Waals surface area contributed by atoms with Crippen LogP contribution in [0.3, 0.4) is 0 Å². The van der Waals surface area contributed by atoms with Crippen LogP contribution in [0.25, 0.3) is 0 Å². The van der Waals surface area contributed by atoms with E-state index in [4.69, 9.17) is 30.8 Å². The molecule has 218 valence electrons. The Hall–Kier alpha value is -3.76. The second kappa shape index (κ2) is 12.4. The summed E-state index contributed by atoms with van der Waals surface area (Å²) in [5.41, 5.74) is 1.86. The zero-order chi connectivity index (χ0) is 29.1. The smallest absolute Gasteiger partial charge is 0.274 e. The summed E-state index contributed by atoms with van der Waals surface area (Å²) in [6, 6.07) is 10.5. The molecular weight excluding hydrogens is 546 g/mol. The minimum absolute atomic E-state index is 0.106. The summed E-state index contributed by atoms with van der Waals surface area (Å²) in [5, 5.41) is 0.479. The first-order valence-electron chi connectivity index (χ1n) is 13.8. The quantitative estimate of drug-likeness (QED) is 0.395. The molecule has 0 unspecified atom stereocenters. The molecule has 2 aliphatic rings. The fourth-order valence-electron chi connectivity index (χ4n) is 5.54. The van der Waals surface area contributed by atoms with Gasteiger partial charge < -0.3 is 23.7 Å². The number of hydrogen-bond donors (Lipinski definition) is 0. The fraction of sp³-hybridized carbons (Fsp3) is 0.433. The lowest BCUT2D eigenvalue weighted by atomic mass is 10.1. The molecule has 0 N–H and O–H groups in total. The van der Waals surface area contributed by atoms with Crippen molar-refractivity contribution in [3.8, 4) is 17.2 Å². The van der Waals surface area contributed by atoms with E-state index in [1.807, 2.05) is 21.6 Å². The average molecular weight is 582 g/mol. The second-order valence-corrected chi connectivity index (χ2v) is 10.7. The van der Waals surface area contributed by atoms with E-state index in [1.54, 1.807) is 52.6 Å². The number of halogens is 1. The van der Waals surface area contributed by atoms with Crippen LogP contribution in [0.15, 0.2) is 36.4 Å². The Balaban J connectivity index is 1.35. The van der Waals surface area contributed by atoms with Crippen LogP contribution in [-0.2, 0) is 19.5 Å². The van der Waals surface area contributed by atoms with Gasteiger partial charge >= 0.3 is 0 Å². The summed E-state index contributed by atoms with van der Waals surface area (Å²) >= 11 is 6.14. The number of carbonyl (C=O) groups excluding carboxylic acids is 2. The highest BCUT2D eigenvalue weighted by atomic mass is 35.5. The number of amides is 2. The number of aryl methyl sites for hydroxylation is 1. The maximum absolute atomic E-state index is 14.0. The molecule has 0 aliphatic carbocycles. The first-order chi connectivity index (χ1) is 19.8. The van der Waals surface area contributed by atoms with Crippen LogP contribution in [0.2, 0.25) is 5.02 Å². The van der Waals surface area contributed by atoms with E-state index in [2.05, 4.69) is 4.90 Å². The number of imidazole rings is 1. The first kappa shape index (κ1) is 28.8. The zero-order valence-corrected chi connectivity index (χ0v) is 24.7. The molecule has 5 rings (SSSR count). The fourth-order valence-corrected chi connectivity index (χ4v) is 5.73. The van der Waals surface area contributed by atoms with Gasteiger partial charge in [-0.25, -0.2) is 4.98 Å². The van der Waals surface area contributed by atoms with Crippen molar-refractivity contribution < 1.29 is 23.8 Å². The second-order valence-electron chi connectivity index (χ2n) is 10.3. The molecule has 11 heteroatoms. The number of methoxy groups -OCH3 is 3. The van der Waals surface area contributed by atoms with Crippen molar-refractivity contribution in [1.82, 2.24) is 19.4 Å². The summed E-state index contributed by atoms with van der Waals surface area (Å²) in [6.07, 6.45) is 2.75. The van der Waals surface area contributed by atoms with Crippen LogP contribution in [0.4, 0.5) is 5.82 Å². The largest absolute Gasteiger partial charge is 0.496 e. The molecule has 3 heterocycles. The number of carbonyl (C=O) groups is 2. The minimum atomic E-state index is -0.260. The third kappa shape index (κ3) is 5.85. The van der Waals surface area contributed by atoms with Gasteiger partial charge in [-0.1, -0.05) is 17.7 Å². The number of piperazine rings is 1. The molecule has 41 heavy (non-hydrogen) atoms. The molecule has 2 aromatic carbocycles. The lowest BCUT2D eigenvalue weighted by Crippen LogP contribution is -2.49. The molecule has 10 nitrogen and oxygen atoms in total. The number of hydrogen-bond acceptors (Lipinski definition) is 7. The molecule has 1 saturated heterocycles. The van der Waals surface area contributed by atoms with Gasteiger partial charge in [-0.05, 0) is 31.0 Å². The summed E-state index contributed by atoms with van der Waals surface area (Å²) < 4.78 is 18.6. The molecule has 0 bridgehead atoms. The molecule has 1 aromatic heterocycles. The molecule has 0 saturated carbocycles. The van der Waals surface area contributed by atoms with Crippen LogP contribution in [-0.4, -0.2) is 85.7 Å². The molecule has 0 atom stereocenters. The number of aromatic nitrogens is 2. The van der Waals surface area contributed by atoms with Crippen molar-refractivity contribution in [2.75, 3.05) is 59.5 Å². The highest BCUT2D eigenvalue weighted by Gasteiger charge is 2.33. The topological polar surface area (TPSA) is 89.4 Å². The number of rotatable bonds is 8. The van der Waals surface area contributed by atoms with Crippen molar-refractivity contribution >= 4 is 29.2 Å². The van der Waals surface area contributed by atoms with Crippen LogP contribution >= 0.6 is 11.6 Å². The maximum Gasteiger partial charge on any atom is 0.274 e. The van der Waals surface area contributed by atoms with E-state index < -0.39 is 0 Å². The number of fused-ring (bicyclic) bond motifs is 1. The lowest BCUT2D eigenvalue weighted by Gasteiger charge is -2.35. The Bertz CT molecular complexity index is 1410. The highest BCUT2D eigenvalue weighted by molar-refractivity contribution is 6.31. The van der Waals surface area contributed by atoms with E-state index in [0.29, 0.717) is 78.6 Å². The Morgan fingerprint density at radius 2 is 1.66 bits per heavy atom. The highest BCUT2D eigenvalue weighted by Crippen LogP contribution is 2.35. The Kier molecular flexibility index (Phi) is 8.70. The predicted octanol–water partition coefficient (Wildman–Crippen LogP) is 4.13. The van der Waals surface area contributed by atoms with Crippen LogP contribution < -0.4 is 19.1 Å². The normalized spacial score (nSPS) is 15.3. The van der Waals surface area contributed by atoms with Crippen LogP contribution in [0.1, 0.15) is 45.1 Å². The summed E-state index contributed by atoms with van der Waals surface area (Å²) in [7, 11) is 6.54. The van der Waals surface area contributed by atoms with Crippen LogP contribution in [0, 0.1) is 0 Å². The van der Waals surface area contributed by atoms with Gasteiger partial charge in [0.2, 0.25) is 0 Å². The van der Waals surface area contributed by atoms with Gasteiger partial charge in [0, 0.05) is 75.5 Å². The Morgan fingerprint density at radius 3 is 2.29 bits per heavy atom. The zero-order valence-electron chi connectivity index (χ0n) is 24.0. The monoisotopic (exact) mass is 581 g/mol. The van der Waals surface area contributed by atoms with Gasteiger partial charge in [0.15, 0.2) is 11.5 Å². The van der Waals surface area contributed by atoms with Crippen LogP contribution in [0.5, 0.6) is 17.2 Å². The van der Waals surface area contributed by atoms with E-state index in [1.165, 1.54) is 4.90 Å². The molecule has 1 fully saturated rings. The van der Waals surface area contributed by atoms with E-state index >= 15 is 0 Å². The van der Waals surface area contributed by atoms with Gasteiger partial charge in [-0.2, -0.15) is 0 Å². The third-order valence-corrected chi connectivity index (χ3v) is 8.05. The first-order valence-corrected chi connectivity index (χ1v) is 14.2. The number of nitrogens with zero attached hydrogens (tertiary/aromatic N) is 5. The molecule has 2 aliphatic heterocycles.